The van der Waals surface area contributed by atoms with Gasteiger partial charge in [-0.3, -0.25) is 4.79 Å². The molecule has 7 heteroatoms. The molecule has 2 aromatic carbocycles. The Morgan fingerprint density at radius 2 is 1.81 bits per heavy atom. The zero-order valence-corrected chi connectivity index (χ0v) is 15.9. The Hall–Kier alpha value is -2.80. The van der Waals surface area contributed by atoms with Gasteiger partial charge in [0.15, 0.2) is 5.76 Å². The monoisotopic (exact) mass is 384 g/mol. The number of hydrogen-bond donors (Lipinski definition) is 1. The standard InChI is InChI=1S/C20H20N2O4S/c1-22(2)17-10-14(13-8-9-13)11-18-16(17)12-19(26-18)20(23)21-27(24,25)15-6-4-3-5-7-15/h3-7,10-13H,8-9H2,1-2H3,(H,21,23). The van der Waals surface area contributed by atoms with Crippen LogP contribution in [-0.4, -0.2) is 28.4 Å². The van der Waals surface area contributed by atoms with E-state index in [9.17, 15) is 13.2 Å². The largest absolute Gasteiger partial charge is 0.451 e. The summed E-state index contributed by atoms with van der Waals surface area (Å²) in [5.74, 6) is -0.276. The third kappa shape index (κ3) is 3.42. The second-order valence-electron chi connectivity index (χ2n) is 6.98. The molecule has 0 atom stereocenters. The minimum Gasteiger partial charge on any atom is -0.451 e. The third-order valence-electron chi connectivity index (χ3n) is 4.67. The van der Waals surface area contributed by atoms with Crippen molar-refractivity contribution in [3.05, 3.63) is 59.9 Å². The number of hydrogen-bond acceptors (Lipinski definition) is 5. The first kappa shape index (κ1) is 17.6. The summed E-state index contributed by atoms with van der Waals surface area (Å²) in [5, 5.41) is 0.784. The molecule has 0 radical (unpaired) electrons. The van der Waals surface area contributed by atoms with Gasteiger partial charge in [0, 0.05) is 25.2 Å². The molecule has 1 aromatic heterocycles. The smallest absolute Gasteiger partial charge is 0.300 e. The van der Waals surface area contributed by atoms with Crippen LogP contribution in [0.1, 0.15) is 34.9 Å². The first-order chi connectivity index (χ1) is 12.8. The van der Waals surface area contributed by atoms with E-state index in [1.54, 1.807) is 24.3 Å². The van der Waals surface area contributed by atoms with Crippen LogP contribution in [0.3, 0.4) is 0 Å². The third-order valence-corrected chi connectivity index (χ3v) is 6.02. The highest BCUT2D eigenvalue weighted by atomic mass is 32.2. The minimum absolute atomic E-state index is 0.0273. The van der Waals surface area contributed by atoms with Crippen LogP contribution >= 0.6 is 0 Å². The van der Waals surface area contributed by atoms with Crippen molar-refractivity contribution in [2.75, 3.05) is 19.0 Å². The molecule has 1 N–H and O–H groups in total. The molecule has 1 aliphatic rings. The number of sulfonamides is 1. The van der Waals surface area contributed by atoms with Crippen molar-refractivity contribution in [1.29, 1.82) is 0 Å². The van der Waals surface area contributed by atoms with Crippen molar-refractivity contribution >= 4 is 32.6 Å². The molecular weight excluding hydrogens is 364 g/mol. The lowest BCUT2D eigenvalue weighted by molar-refractivity contribution is 0.0956. The highest BCUT2D eigenvalue weighted by molar-refractivity contribution is 7.90. The van der Waals surface area contributed by atoms with Crippen LogP contribution in [0.25, 0.3) is 11.0 Å². The van der Waals surface area contributed by atoms with E-state index in [-0.39, 0.29) is 10.7 Å². The Kier molecular flexibility index (Phi) is 4.19. The Morgan fingerprint density at radius 1 is 1.11 bits per heavy atom. The number of fused-ring (bicyclic) bond motifs is 1. The Morgan fingerprint density at radius 3 is 2.44 bits per heavy atom. The summed E-state index contributed by atoms with van der Waals surface area (Å²) in [4.78, 5) is 14.5. The van der Waals surface area contributed by atoms with E-state index in [2.05, 4.69) is 10.8 Å². The average molecular weight is 384 g/mol. The van der Waals surface area contributed by atoms with E-state index >= 15 is 0 Å². The number of furan rings is 1. The molecule has 3 aromatic rings. The number of rotatable bonds is 5. The maximum Gasteiger partial charge on any atom is 0.300 e. The number of carbonyl (C=O) groups excluding carboxylic acids is 1. The van der Waals surface area contributed by atoms with E-state index in [1.165, 1.54) is 17.7 Å². The predicted octanol–water partition coefficient (Wildman–Crippen LogP) is 3.49. The van der Waals surface area contributed by atoms with Crippen LogP contribution < -0.4 is 9.62 Å². The van der Waals surface area contributed by atoms with Gasteiger partial charge in [-0.15, -0.1) is 0 Å². The molecule has 4 rings (SSSR count). The molecule has 0 saturated heterocycles. The van der Waals surface area contributed by atoms with Gasteiger partial charge in [-0.05, 0) is 54.7 Å². The van der Waals surface area contributed by atoms with Crippen molar-refractivity contribution in [1.82, 2.24) is 4.72 Å². The van der Waals surface area contributed by atoms with Crippen LogP contribution in [0.5, 0.6) is 0 Å². The summed E-state index contributed by atoms with van der Waals surface area (Å²) >= 11 is 0. The fourth-order valence-corrected chi connectivity index (χ4v) is 4.08. The van der Waals surface area contributed by atoms with Gasteiger partial charge in [-0.1, -0.05) is 18.2 Å². The SMILES string of the molecule is CN(C)c1cc(C2CC2)cc2oc(C(=O)NS(=O)(=O)c3ccccc3)cc12. The highest BCUT2D eigenvalue weighted by Gasteiger charge is 2.27. The van der Waals surface area contributed by atoms with Gasteiger partial charge < -0.3 is 9.32 Å². The van der Waals surface area contributed by atoms with E-state index in [0.717, 1.165) is 23.9 Å². The summed E-state index contributed by atoms with van der Waals surface area (Å²) in [7, 11) is -0.0959. The van der Waals surface area contributed by atoms with Crippen LogP contribution in [0, 0.1) is 0 Å². The normalized spacial score (nSPS) is 14.3. The van der Waals surface area contributed by atoms with E-state index < -0.39 is 15.9 Å². The second-order valence-corrected chi connectivity index (χ2v) is 8.66. The quantitative estimate of drug-likeness (QED) is 0.728. The van der Waals surface area contributed by atoms with Gasteiger partial charge >= 0.3 is 5.91 Å². The molecule has 0 unspecified atom stereocenters. The number of nitrogens with zero attached hydrogens (tertiary/aromatic N) is 1. The maximum absolute atomic E-state index is 12.5. The Bertz CT molecular complexity index is 1110. The molecule has 1 aliphatic carbocycles. The zero-order valence-electron chi connectivity index (χ0n) is 15.1. The summed E-state index contributed by atoms with van der Waals surface area (Å²) < 4.78 is 32.5. The van der Waals surface area contributed by atoms with Crippen LogP contribution in [0.2, 0.25) is 0 Å². The van der Waals surface area contributed by atoms with Gasteiger partial charge in [0.1, 0.15) is 5.58 Å². The van der Waals surface area contributed by atoms with Crippen LogP contribution in [-0.2, 0) is 10.0 Å². The average Bonchev–Trinajstić information content (AvgIpc) is 3.39. The molecule has 0 bridgehead atoms. The van der Waals surface area contributed by atoms with Crippen LogP contribution in [0.4, 0.5) is 5.69 Å². The lowest BCUT2D eigenvalue weighted by atomic mass is 10.1. The molecule has 140 valence electrons. The molecule has 1 fully saturated rings. The van der Waals surface area contributed by atoms with Crippen LogP contribution in [0.15, 0.2) is 57.8 Å². The van der Waals surface area contributed by atoms with Gasteiger partial charge in [0.05, 0.1) is 4.90 Å². The number of nitrogens with one attached hydrogen (secondary N) is 1. The summed E-state index contributed by atoms with van der Waals surface area (Å²) in [5.41, 5.74) is 2.72. The lowest BCUT2D eigenvalue weighted by Crippen LogP contribution is -2.30. The maximum atomic E-state index is 12.5. The minimum atomic E-state index is -3.95. The molecule has 1 heterocycles. The van der Waals surface area contributed by atoms with E-state index in [1.807, 2.05) is 25.1 Å². The molecule has 0 aliphatic heterocycles. The first-order valence-electron chi connectivity index (χ1n) is 8.72. The number of amides is 1. The highest BCUT2D eigenvalue weighted by Crippen LogP contribution is 2.43. The van der Waals surface area contributed by atoms with Gasteiger partial charge in [-0.2, -0.15) is 0 Å². The molecule has 1 saturated carbocycles. The molecule has 0 spiro atoms. The fourth-order valence-electron chi connectivity index (χ4n) is 3.11. The van der Waals surface area contributed by atoms with Gasteiger partial charge in [0.25, 0.3) is 10.0 Å². The van der Waals surface area contributed by atoms with Crippen molar-refractivity contribution in [3.63, 3.8) is 0 Å². The summed E-state index contributed by atoms with van der Waals surface area (Å²) in [6.07, 6.45) is 2.31. The molecule has 6 nitrogen and oxygen atoms in total. The molecular formula is C20H20N2O4S. The first-order valence-corrected chi connectivity index (χ1v) is 10.2. The number of benzene rings is 2. The van der Waals surface area contributed by atoms with Gasteiger partial charge in [0.2, 0.25) is 0 Å². The second kappa shape index (κ2) is 6.42. The van der Waals surface area contributed by atoms with Gasteiger partial charge in [-0.25, -0.2) is 13.1 Å². The van der Waals surface area contributed by atoms with Crippen molar-refractivity contribution in [2.45, 2.75) is 23.7 Å². The molecule has 1 amide bonds. The Labute approximate surface area is 157 Å². The van der Waals surface area contributed by atoms with E-state index in [4.69, 9.17) is 4.42 Å². The lowest BCUT2D eigenvalue weighted by Gasteiger charge is -2.14. The van der Waals surface area contributed by atoms with E-state index in [0.29, 0.717) is 11.5 Å². The van der Waals surface area contributed by atoms with Crippen molar-refractivity contribution < 1.29 is 17.6 Å². The Balaban J connectivity index is 1.69. The predicted molar refractivity (Wildman–Crippen MR) is 104 cm³/mol. The number of carbonyl (C=O) groups is 1. The van der Waals surface area contributed by atoms with Crippen molar-refractivity contribution in [2.24, 2.45) is 0 Å². The molecule has 27 heavy (non-hydrogen) atoms. The number of anilines is 1. The van der Waals surface area contributed by atoms with Crippen molar-refractivity contribution in [3.8, 4) is 0 Å². The summed E-state index contributed by atoms with van der Waals surface area (Å²) in [6, 6.07) is 13.4. The topological polar surface area (TPSA) is 79.6 Å². The fraction of sp³-hybridized carbons (Fsp3) is 0.250. The summed E-state index contributed by atoms with van der Waals surface area (Å²) in [6.45, 7) is 0. The zero-order chi connectivity index (χ0) is 19.2.